The van der Waals surface area contributed by atoms with Gasteiger partial charge in [-0.1, -0.05) is 6.07 Å². The molecule has 5 heteroatoms. The Morgan fingerprint density at radius 2 is 2.35 bits per heavy atom. The van der Waals surface area contributed by atoms with Gasteiger partial charge in [0.05, 0.1) is 18.4 Å². The molecule has 110 valence electrons. The van der Waals surface area contributed by atoms with Crippen LogP contribution in [0.1, 0.15) is 25.3 Å². The maximum atomic E-state index is 12.2. The Labute approximate surface area is 119 Å². The van der Waals surface area contributed by atoms with Crippen LogP contribution in [0.4, 0.5) is 10.5 Å². The van der Waals surface area contributed by atoms with E-state index in [1.165, 1.54) is 0 Å². The summed E-state index contributed by atoms with van der Waals surface area (Å²) in [4.78, 5) is 13.8. The number of ether oxygens (including phenoxy) is 1. The largest absolute Gasteiger partial charge is 0.492 e. The van der Waals surface area contributed by atoms with Crippen molar-refractivity contribution in [2.24, 2.45) is 0 Å². The highest BCUT2D eigenvalue weighted by Gasteiger charge is 2.22. The number of aliphatic hydroxyl groups excluding tert-OH is 1. The Kier molecular flexibility index (Phi) is 4.84. The summed E-state index contributed by atoms with van der Waals surface area (Å²) in [6.07, 6.45) is 1.18. The Morgan fingerprint density at radius 1 is 1.55 bits per heavy atom. The number of benzene rings is 1. The summed E-state index contributed by atoms with van der Waals surface area (Å²) in [7, 11) is 0. The number of nitrogens with zero attached hydrogens (tertiary/aromatic N) is 1. The third kappa shape index (κ3) is 3.63. The van der Waals surface area contributed by atoms with Crippen LogP contribution in [0, 0.1) is 6.92 Å². The molecule has 0 aliphatic carbocycles. The van der Waals surface area contributed by atoms with Crippen LogP contribution in [0.5, 0.6) is 5.75 Å². The van der Waals surface area contributed by atoms with Crippen molar-refractivity contribution in [2.45, 2.75) is 32.8 Å². The molecule has 1 aromatic carbocycles. The van der Waals surface area contributed by atoms with Crippen molar-refractivity contribution in [1.82, 2.24) is 4.90 Å². The highest BCUT2D eigenvalue weighted by atomic mass is 16.5. The van der Waals surface area contributed by atoms with Crippen molar-refractivity contribution in [2.75, 3.05) is 25.0 Å². The lowest BCUT2D eigenvalue weighted by molar-refractivity contribution is 0.0883. The first kappa shape index (κ1) is 14.7. The quantitative estimate of drug-likeness (QED) is 0.892. The van der Waals surface area contributed by atoms with E-state index < -0.39 is 6.10 Å². The molecule has 1 saturated heterocycles. The zero-order valence-electron chi connectivity index (χ0n) is 12.1. The van der Waals surface area contributed by atoms with Crippen molar-refractivity contribution in [3.63, 3.8) is 0 Å². The number of amides is 2. The van der Waals surface area contributed by atoms with Gasteiger partial charge in [-0.2, -0.15) is 0 Å². The molecule has 20 heavy (non-hydrogen) atoms. The van der Waals surface area contributed by atoms with Crippen LogP contribution in [0.25, 0.3) is 0 Å². The molecule has 0 spiro atoms. The molecule has 1 heterocycles. The Balaban J connectivity index is 2.06. The predicted molar refractivity (Wildman–Crippen MR) is 78.2 cm³/mol. The summed E-state index contributed by atoms with van der Waals surface area (Å²) in [5, 5.41) is 12.5. The van der Waals surface area contributed by atoms with Crippen molar-refractivity contribution in [3.8, 4) is 5.75 Å². The molecule has 0 bridgehead atoms. The van der Waals surface area contributed by atoms with Gasteiger partial charge < -0.3 is 20.1 Å². The van der Waals surface area contributed by atoms with Gasteiger partial charge in [-0.15, -0.1) is 0 Å². The SMILES string of the molecule is CCOc1cc(C)ccc1NC(=O)N1CCC[C@H](O)C1. The first-order valence-electron chi connectivity index (χ1n) is 7.07. The fourth-order valence-corrected chi connectivity index (χ4v) is 2.34. The average molecular weight is 278 g/mol. The fourth-order valence-electron chi connectivity index (χ4n) is 2.34. The number of β-amino-alcohol motifs (C(OH)–C–C–N with tert-alkyl or cyclic N) is 1. The van der Waals surface area contributed by atoms with Gasteiger partial charge >= 0.3 is 6.03 Å². The van der Waals surface area contributed by atoms with Gasteiger partial charge in [0.1, 0.15) is 5.75 Å². The summed E-state index contributed by atoms with van der Waals surface area (Å²) < 4.78 is 5.54. The third-order valence-electron chi connectivity index (χ3n) is 3.36. The minimum absolute atomic E-state index is 0.187. The lowest BCUT2D eigenvalue weighted by Crippen LogP contribution is -2.44. The number of carbonyl (C=O) groups is 1. The van der Waals surface area contributed by atoms with E-state index >= 15 is 0 Å². The molecular formula is C15H22N2O3. The Morgan fingerprint density at radius 3 is 3.05 bits per heavy atom. The van der Waals surface area contributed by atoms with Gasteiger partial charge in [0.25, 0.3) is 0 Å². The van der Waals surface area contributed by atoms with Crippen molar-refractivity contribution >= 4 is 11.7 Å². The molecular weight excluding hydrogens is 256 g/mol. The van der Waals surface area contributed by atoms with Gasteiger partial charge in [0.15, 0.2) is 0 Å². The van der Waals surface area contributed by atoms with E-state index in [0.29, 0.717) is 31.1 Å². The van der Waals surface area contributed by atoms with E-state index in [1.807, 2.05) is 32.0 Å². The number of piperidine rings is 1. The van der Waals surface area contributed by atoms with Crippen LogP contribution in [0.15, 0.2) is 18.2 Å². The molecule has 2 amide bonds. The molecule has 1 fully saturated rings. The number of nitrogens with one attached hydrogen (secondary N) is 1. The van der Waals surface area contributed by atoms with Crippen molar-refractivity contribution in [1.29, 1.82) is 0 Å². The zero-order valence-corrected chi connectivity index (χ0v) is 12.1. The van der Waals surface area contributed by atoms with E-state index in [-0.39, 0.29) is 6.03 Å². The second kappa shape index (κ2) is 6.61. The lowest BCUT2D eigenvalue weighted by atomic mass is 10.1. The van der Waals surface area contributed by atoms with Crippen LogP contribution >= 0.6 is 0 Å². The number of aliphatic hydroxyl groups is 1. The second-order valence-corrected chi connectivity index (χ2v) is 5.10. The van der Waals surface area contributed by atoms with E-state index in [1.54, 1.807) is 4.90 Å². The Bertz CT molecular complexity index is 476. The van der Waals surface area contributed by atoms with Gasteiger partial charge in [-0.25, -0.2) is 4.79 Å². The molecule has 2 rings (SSSR count). The fraction of sp³-hybridized carbons (Fsp3) is 0.533. The van der Waals surface area contributed by atoms with E-state index in [4.69, 9.17) is 4.74 Å². The molecule has 1 aliphatic rings. The highest BCUT2D eigenvalue weighted by molar-refractivity contribution is 5.91. The zero-order chi connectivity index (χ0) is 14.5. The summed E-state index contributed by atoms with van der Waals surface area (Å²) in [6, 6.07) is 5.50. The van der Waals surface area contributed by atoms with Gasteiger partial charge in [0.2, 0.25) is 0 Å². The number of likely N-dealkylation sites (tertiary alicyclic amines) is 1. The number of rotatable bonds is 3. The van der Waals surface area contributed by atoms with Gasteiger partial charge in [0, 0.05) is 13.1 Å². The minimum Gasteiger partial charge on any atom is -0.492 e. The lowest BCUT2D eigenvalue weighted by Gasteiger charge is -2.30. The highest BCUT2D eigenvalue weighted by Crippen LogP contribution is 2.26. The van der Waals surface area contributed by atoms with E-state index in [9.17, 15) is 9.90 Å². The molecule has 5 nitrogen and oxygen atoms in total. The monoisotopic (exact) mass is 278 g/mol. The minimum atomic E-state index is -0.418. The maximum Gasteiger partial charge on any atom is 0.322 e. The topological polar surface area (TPSA) is 61.8 Å². The first-order valence-corrected chi connectivity index (χ1v) is 7.07. The van der Waals surface area contributed by atoms with Crippen LogP contribution in [-0.2, 0) is 0 Å². The van der Waals surface area contributed by atoms with Crippen LogP contribution in [0.2, 0.25) is 0 Å². The molecule has 1 atom stereocenters. The van der Waals surface area contributed by atoms with Crippen molar-refractivity contribution < 1.29 is 14.6 Å². The predicted octanol–water partition coefficient (Wildman–Crippen LogP) is 2.38. The molecule has 1 aromatic rings. The van der Waals surface area contributed by atoms with Crippen LogP contribution < -0.4 is 10.1 Å². The first-order chi connectivity index (χ1) is 9.60. The number of anilines is 1. The second-order valence-electron chi connectivity index (χ2n) is 5.10. The van der Waals surface area contributed by atoms with E-state index in [0.717, 1.165) is 18.4 Å². The van der Waals surface area contributed by atoms with E-state index in [2.05, 4.69) is 5.32 Å². The molecule has 0 unspecified atom stereocenters. The molecule has 0 saturated carbocycles. The average Bonchev–Trinajstić information content (AvgIpc) is 2.42. The maximum absolute atomic E-state index is 12.2. The normalized spacial score (nSPS) is 18.8. The molecule has 0 aromatic heterocycles. The molecule has 2 N–H and O–H groups in total. The van der Waals surface area contributed by atoms with Crippen molar-refractivity contribution in [3.05, 3.63) is 23.8 Å². The molecule has 1 aliphatic heterocycles. The summed E-state index contributed by atoms with van der Waals surface area (Å²) >= 11 is 0. The molecule has 0 radical (unpaired) electrons. The van der Waals surface area contributed by atoms with Crippen LogP contribution in [-0.4, -0.2) is 41.8 Å². The summed E-state index contributed by atoms with van der Waals surface area (Å²) in [6.45, 7) is 5.51. The third-order valence-corrected chi connectivity index (χ3v) is 3.36. The number of aryl methyl sites for hydroxylation is 1. The number of hydrogen-bond donors (Lipinski definition) is 2. The van der Waals surface area contributed by atoms with Crippen LogP contribution in [0.3, 0.4) is 0 Å². The van der Waals surface area contributed by atoms with Gasteiger partial charge in [-0.05, 0) is 44.4 Å². The summed E-state index contributed by atoms with van der Waals surface area (Å²) in [5.74, 6) is 0.679. The number of hydrogen-bond acceptors (Lipinski definition) is 3. The Hall–Kier alpha value is -1.75. The summed E-state index contributed by atoms with van der Waals surface area (Å²) in [5.41, 5.74) is 1.75. The smallest absolute Gasteiger partial charge is 0.322 e. The standard InChI is InChI=1S/C15H22N2O3/c1-3-20-14-9-11(2)6-7-13(14)16-15(19)17-8-4-5-12(18)10-17/h6-7,9,12,18H,3-5,8,10H2,1-2H3,(H,16,19)/t12-/m0/s1. The van der Waals surface area contributed by atoms with Gasteiger partial charge in [-0.3, -0.25) is 0 Å². The number of urea groups is 1. The number of carbonyl (C=O) groups excluding carboxylic acids is 1.